The maximum absolute atomic E-state index is 14.6. The fraction of sp³-hybridized carbons (Fsp3) is 0.0952. The van der Waals surface area contributed by atoms with Crippen LogP contribution < -0.4 is 5.32 Å². The average Bonchev–Trinajstić information content (AvgIpc) is 3.50. The molecule has 51 heavy (non-hydrogen) atoms. The number of amides is 3. The van der Waals surface area contributed by atoms with Crippen LogP contribution in [0, 0.1) is 5.82 Å². The zero-order valence-electron chi connectivity index (χ0n) is 27.9. The normalized spacial score (nSPS) is 14.5. The lowest BCUT2D eigenvalue weighted by Crippen LogP contribution is -2.42. The minimum Gasteiger partial charge on any atom is -0.344 e. The van der Waals surface area contributed by atoms with E-state index in [1.165, 1.54) is 17.0 Å². The molecule has 0 radical (unpaired) electrons. The summed E-state index contributed by atoms with van der Waals surface area (Å²) in [5.41, 5.74) is 4.09. The third-order valence-corrected chi connectivity index (χ3v) is 9.27. The van der Waals surface area contributed by atoms with Crippen LogP contribution in [0.3, 0.4) is 0 Å². The monoisotopic (exact) mass is 694 g/mol. The molecule has 0 atom stereocenters. The van der Waals surface area contributed by atoms with Crippen LogP contribution in [0.2, 0.25) is 0 Å². The van der Waals surface area contributed by atoms with E-state index in [-0.39, 0.29) is 34.8 Å². The molecule has 1 aliphatic rings. The number of nitrogens with one attached hydrogen (secondary N) is 1. The number of halogens is 1. The zero-order chi connectivity index (χ0) is 35.7. The maximum Gasteiger partial charge on any atom is 0.285 e. The second kappa shape index (κ2) is 16.1. The van der Waals surface area contributed by atoms with Crippen LogP contribution in [-0.4, -0.2) is 38.1 Å². The van der Waals surface area contributed by atoms with Crippen LogP contribution >= 0.6 is 11.8 Å². The van der Waals surface area contributed by atoms with E-state index in [1.807, 2.05) is 89.5 Å². The van der Waals surface area contributed by atoms with Crippen LogP contribution in [0.5, 0.6) is 0 Å². The van der Waals surface area contributed by atoms with Crippen molar-refractivity contribution in [3.05, 3.63) is 186 Å². The van der Waals surface area contributed by atoms with E-state index in [0.717, 1.165) is 33.8 Å². The summed E-state index contributed by atoms with van der Waals surface area (Å²) in [5.74, 6) is -2.03. The number of hydrogen-bond donors (Lipinski definition) is 1. The van der Waals surface area contributed by atoms with Gasteiger partial charge in [0.25, 0.3) is 11.8 Å². The highest BCUT2D eigenvalue weighted by Crippen LogP contribution is 2.30. The van der Waals surface area contributed by atoms with E-state index in [9.17, 15) is 18.8 Å². The number of nitrogens with zero attached hydrogens (tertiary/aromatic N) is 3. The number of carbonyl (C=O) groups is 3. The predicted molar refractivity (Wildman–Crippen MR) is 203 cm³/mol. The Kier molecular flexibility index (Phi) is 11.0. The summed E-state index contributed by atoms with van der Waals surface area (Å²) in [6.07, 6.45) is 10.0. The molecule has 0 unspecified atom stereocenters. The number of thioether (sulfide) groups is 1. The minimum atomic E-state index is -0.723. The molecule has 0 aliphatic carbocycles. The van der Waals surface area contributed by atoms with Crippen LogP contribution in [0.1, 0.15) is 35.2 Å². The highest BCUT2D eigenvalue weighted by molar-refractivity contribution is 8.14. The van der Waals surface area contributed by atoms with Crippen molar-refractivity contribution in [2.24, 2.45) is 4.99 Å². The molecule has 254 valence electrons. The molecule has 4 aromatic carbocycles. The number of aromatic nitrogens is 1. The number of allylic oxidation sites excluding steroid dienone is 4. The molecular weight excluding hydrogens is 660 g/mol. The lowest BCUT2D eigenvalue weighted by Gasteiger charge is -2.28. The number of benzene rings is 4. The van der Waals surface area contributed by atoms with Gasteiger partial charge in [0, 0.05) is 33.9 Å². The van der Waals surface area contributed by atoms with Gasteiger partial charge < -0.3 is 9.88 Å². The topological polar surface area (TPSA) is 83.8 Å². The summed E-state index contributed by atoms with van der Waals surface area (Å²) in [4.78, 5) is 47.0. The first kappa shape index (κ1) is 34.8. The number of hydrogen-bond acceptors (Lipinski definition) is 4. The van der Waals surface area contributed by atoms with Crippen molar-refractivity contribution < 1.29 is 18.8 Å². The Morgan fingerprint density at radius 3 is 2.24 bits per heavy atom. The summed E-state index contributed by atoms with van der Waals surface area (Å²) in [5, 5.41) is 3.97. The standard InChI is InChI=1S/C42H35FN4O3S/c1-3-5-21-33(4-2)47-41(50)35(25-32-27-46(37-24-15-13-22-34(32)37)26-31-20-12-14-23-36(31)43)40(49)45-42(47)51-28-38(48)44-39(29-16-8-6-9-17-29)30-18-10-7-11-19-30/h3-25,27,39H,1,26,28H2,2H3,(H,44,48)/b21-5-,33-4+,35-25+. The van der Waals surface area contributed by atoms with Gasteiger partial charge in [0.15, 0.2) is 5.17 Å². The summed E-state index contributed by atoms with van der Waals surface area (Å²) in [7, 11) is 0. The average molecular weight is 695 g/mol. The SMILES string of the molecule is C=C/C=C\C(=C/C)N1C(=O)/C(=C/c2cn(Cc3ccccc3F)c3ccccc23)C(=O)N=C1SCC(=O)NC(c1ccccc1)c1ccccc1. The molecule has 0 spiro atoms. The van der Waals surface area contributed by atoms with Gasteiger partial charge in [-0.3, -0.25) is 19.3 Å². The number of para-hydroxylation sites is 1. The van der Waals surface area contributed by atoms with Gasteiger partial charge in [0.1, 0.15) is 11.4 Å². The molecule has 7 nitrogen and oxygen atoms in total. The van der Waals surface area contributed by atoms with Crippen molar-refractivity contribution >= 4 is 51.6 Å². The Balaban J connectivity index is 1.31. The van der Waals surface area contributed by atoms with Crippen molar-refractivity contribution in [3.63, 3.8) is 0 Å². The van der Waals surface area contributed by atoms with Gasteiger partial charge in [-0.15, -0.1) is 0 Å². The zero-order valence-corrected chi connectivity index (χ0v) is 28.7. The Hall–Kier alpha value is -6.06. The molecule has 5 aromatic rings. The third kappa shape index (κ3) is 7.90. The summed E-state index contributed by atoms with van der Waals surface area (Å²) in [6, 6.07) is 33.0. The summed E-state index contributed by atoms with van der Waals surface area (Å²) >= 11 is 1.00. The molecule has 1 N–H and O–H groups in total. The molecular formula is C42H35FN4O3S. The Morgan fingerprint density at radius 2 is 1.57 bits per heavy atom. The first-order valence-electron chi connectivity index (χ1n) is 16.4. The lowest BCUT2D eigenvalue weighted by atomic mass is 9.99. The van der Waals surface area contributed by atoms with Crippen molar-refractivity contribution in [2.75, 3.05) is 5.75 Å². The van der Waals surface area contributed by atoms with E-state index in [1.54, 1.807) is 55.6 Å². The molecule has 2 heterocycles. The second-order valence-electron chi connectivity index (χ2n) is 11.6. The van der Waals surface area contributed by atoms with Gasteiger partial charge in [-0.05, 0) is 42.3 Å². The van der Waals surface area contributed by atoms with Crippen LogP contribution in [0.4, 0.5) is 4.39 Å². The van der Waals surface area contributed by atoms with Gasteiger partial charge in [-0.1, -0.05) is 134 Å². The highest BCUT2D eigenvalue weighted by atomic mass is 32.2. The molecule has 0 fully saturated rings. The fourth-order valence-electron chi connectivity index (χ4n) is 5.88. The summed E-state index contributed by atoms with van der Waals surface area (Å²) < 4.78 is 16.5. The fourth-order valence-corrected chi connectivity index (χ4v) is 6.69. The number of amidine groups is 1. The van der Waals surface area contributed by atoms with E-state index in [0.29, 0.717) is 16.8 Å². The first-order valence-corrected chi connectivity index (χ1v) is 17.3. The molecule has 0 saturated carbocycles. The molecule has 1 aliphatic heterocycles. The number of carbonyl (C=O) groups excluding carboxylic acids is 3. The van der Waals surface area contributed by atoms with Crippen LogP contribution in [0.15, 0.2) is 163 Å². The van der Waals surface area contributed by atoms with E-state index in [2.05, 4.69) is 16.9 Å². The molecule has 3 amide bonds. The van der Waals surface area contributed by atoms with Crippen molar-refractivity contribution in [2.45, 2.75) is 19.5 Å². The Labute approximate surface area is 300 Å². The predicted octanol–water partition coefficient (Wildman–Crippen LogP) is 8.22. The number of fused-ring (bicyclic) bond motifs is 1. The van der Waals surface area contributed by atoms with Crippen molar-refractivity contribution in [1.82, 2.24) is 14.8 Å². The lowest BCUT2D eigenvalue weighted by molar-refractivity contribution is -0.126. The minimum absolute atomic E-state index is 0.0806. The van der Waals surface area contributed by atoms with Crippen LogP contribution in [-0.2, 0) is 20.9 Å². The molecule has 0 saturated heterocycles. The van der Waals surface area contributed by atoms with Crippen molar-refractivity contribution in [3.8, 4) is 0 Å². The van der Waals surface area contributed by atoms with Gasteiger partial charge in [-0.2, -0.15) is 4.99 Å². The van der Waals surface area contributed by atoms with E-state index >= 15 is 0 Å². The summed E-state index contributed by atoms with van der Waals surface area (Å²) in [6.45, 7) is 5.77. The highest BCUT2D eigenvalue weighted by Gasteiger charge is 2.35. The second-order valence-corrected chi connectivity index (χ2v) is 12.6. The van der Waals surface area contributed by atoms with Gasteiger partial charge in [0.2, 0.25) is 5.91 Å². The smallest absolute Gasteiger partial charge is 0.285 e. The van der Waals surface area contributed by atoms with E-state index in [4.69, 9.17) is 0 Å². The van der Waals surface area contributed by atoms with Gasteiger partial charge in [0.05, 0.1) is 18.3 Å². The maximum atomic E-state index is 14.6. The Morgan fingerprint density at radius 1 is 0.922 bits per heavy atom. The molecule has 1 aromatic heterocycles. The van der Waals surface area contributed by atoms with Gasteiger partial charge in [-0.25, -0.2) is 4.39 Å². The van der Waals surface area contributed by atoms with Crippen molar-refractivity contribution in [1.29, 1.82) is 0 Å². The van der Waals surface area contributed by atoms with Crippen LogP contribution in [0.25, 0.3) is 17.0 Å². The first-order chi connectivity index (χ1) is 24.9. The molecule has 9 heteroatoms. The molecule has 6 rings (SSSR count). The van der Waals surface area contributed by atoms with Gasteiger partial charge >= 0.3 is 0 Å². The number of rotatable bonds is 11. The van der Waals surface area contributed by atoms with E-state index < -0.39 is 17.9 Å². The molecule has 0 bridgehead atoms. The largest absolute Gasteiger partial charge is 0.344 e. The number of aliphatic imine (C=N–C) groups is 1. The Bertz CT molecular complexity index is 2180. The quantitative estimate of drug-likeness (QED) is 0.0858. The third-order valence-electron chi connectivity index (χ3n) is 8.33.